The van der Waals surface area contributed by atoms with E-state index in [1.54, 1.807) is 0 Å². The molecule has 3 aromatic rings. The number of fused-ring (bicyclic) bond motifs is 1. The number of aryl methyl sites for hydroxylation is 1. The van der Waals surface area contributed by atoms with E-state index >= 15 is 0 Å². The molecule has 2 aromatic carbocycles. The highest BCUT2D eigenvalue weighted by Gasteiger charge is 2.20. The smallest absolute Gasteiger partial charge is 0.147 e. The number of rotatable bonds is 8. The van der Waals surface area contributed by atoms with E-state index < -0.39 is 0 Å². The summed E-state index contributed by atoms with van der Waals surface area (Å²) in [7, 11) is 4.39. The number of imidazole rings is 1. The molecule has 1 aromatic heterocycles. The van der Waals surface area contributed by atoms with Crippen molar-refractivity contribution in [3.63, 3.8) is 0 Å². The van der Waals surface area contributed by atoms with E-state index in [0.717, 1.165) is 42.6 Å². The van der Waals surface area contributed by atoms with Crippen LogP contribution in [-0.4, -0.2) is 59.1 Å². The Hall–Kier alpha value is -2.08. The lowest BCUT2D eigenvalue weighted by atomic mass is 10.0. The Morgan fingerprint density at radius 2 is 1.77 bits per heavy atom. The van der Waals surface area contributed by atoms with Gasteiger partial charge in [0.1, 0.15) is 18.2 Å². The first-order chi connectivity index (χ1) is 14.6. The van der Waals surface area contributed by atoms with Crippen LogP contribution in [0, 0.1) is 0 Å². The van der Waals surface area contributed by atoms with Gasteiger partial charge in [-0.2, -0.15) is 0 Å². The number of aromatic nitrogens is 2. The van der Waals surface area contributed by atoms with Crippen molar-refractivity contribution in [3.8, 4) is 5.75 Å². The molecule has 1 aliphatic rings. The summed E-state index contributed by atoms with van der Waals surface area (Å²) in [6.45, 7) is 4.92. The van der Waals surface area contributed by atoms with Crippen LogP contribution in [0.15, 0.2) is 48.5 Å². The van der Waals surface area contributed by atoms with Crippen molar-refractivity contribution in [1.29, 1.82) is 0 Å². The molecule has 0 radical (unpaired) electrons. The fraction of sp³-hybridized carbons (Fsp3) is 0.458. The SMILES string of the molecule is CN(C)C1CCN(CCCn2c(COc3ccc(Cl)cc3)nc3ccccc32)CC1. The minimum atomic E-state index is 0.449. The molecule has 0 amide bonds. The number of ether oxygens (including phenoxy) is 1. The van der Waals surface area contributed by atoms with E-state index in [1.165, 1.54) is 31.4 Å². The molecule has 1 aliphatic heterocycles. The third-order valence-electron chi connectivity index (χ3n) is 6.06. The van der Waals surface area contributed by atoms with E-state index in [9.17, 15) is 0 Å². The molecule has 0 saturated carbocycles. The van der Waals surface area contributed by atoms with Crippen LogP contribution in [0.3, 0.4) is 0 Å². The number of halogens is 1. The number of likely N-dealkylation sites (tertiary alicyclic amines) is 1. The fourth-order valence-electron chi connectivity index (χ4n) is 4.28. The molecule has 0 N–H and O–H groups in total. The monoisotopic (exact) mass is 426 g/mol. The highest BCUT2D eigenvalue weighted by Crippen LogP contribution is 2.21. The lowest BCUT2D eigenvalue weighted by Gasteiger charge is -2.35. The zero-order chi connectivity index (χ0) is 20.9. The van der Waals surface area contributed by atoms with Crippen LogP contribution in [0.25, 0.3) is 11.0 Å². The Morgan fingerprint density at radius 1 is 1.03 bits per heavy atom. The molecule has 6 heteroatoms. The molecule has 160 valence electrons. The van der Waals surface area contributed by atoms with Gasteiger partial charge in [-0.05, 0) is 89.4 Å². The third kappa shape index (κ3) is 5.15. The normalized spacial score (nSPS) is 15.9. The number of hydrogen-bond acceptors (Lipinski definition) is 4. The second kappa shape index (κ2) is 9.82. The summed E-state index contributed by atoms with van der Waals surface area (Å²) < 4.78 is 8.31. The average molecular weight is 427 g/mol. The summed E-state index contributed by atoms with van der Waals surface area (Å²) in [5.74, 6) is 1.78. The molecule has 0 atom stereocenters. The van der Waals surface area contributed by atoms with Crippen LogP contribution < -0.4 is 4.74 Å². The Balaban J connectivity index is 1.38. The second-order valence-electron chi connectivity index (χ2n) is 8.30. The molecule has 4 rings (SSSR count). The van der Waals surface area contributed by atoms with E-state index in [1.807, 2.05) is 30.3 Å². The first kappa shape index (κ1) is 21.2. The van der Waals surface area contributed by atoms with Crippen LogP contribution in [0.4, 0.5) is 0 Å². The third-order valence-corrected chi connectivity index (χ3v) is 6.31. The lowest BCUT2D eigenvalue weighted by molar-refractivity contribution is 0.142. The van der Waals surface area contributed by atoms with Crippen LogP contribution in [-0.2, 0) is 13.2 Å². The summed E-state index contributed by atoms with van der Waals surface area (Å²) >= 11 is 5.97. The van der Waals surface area contributed by atoms with E-state index in [-0.39, 0.29) is 0 Å². The van der Waals surface area contributed by atoms with Crippen molar-refractivity contribution < 1.29 is 4.74 Å². The van der Waals surface area contributed by atoms with Crippen LogP contribution in [0.2, 0.25) is 5.02 Å². The molecule has 30 heavy (non-hydrogen) atoms. The maximum atomic E-state index is 5.99. The second-order valence-corrected chi connectivity index (χ2v) is 8.74. The molecule has 0 aliphatic carbocycles. The van der Waals surface area contributed by atoms with Crippen LogP contribution in [0.5, 0.6) is 5.75 Å². The molecule has 1 fully saturated rings. The van der Waals surface area contributed by atoms with Crippen molar-refractivity contribution in [2.24, 2.45) is 0 Å². The number of piperidine rings is 1. The van der Waals surface area contributed by atoms with E-state index in [4.69, 9.17) is 21.3 Å². The maximum Gasteiger partial charge on any atom is 0.147 e. The highest BCUT2D eigenvalue weighted by atomic mass is 35.5. The fourth-order valence-corrected chi connectivity index (χ4v) is 4.40. The zero-order valence-corrected chi connectivity index (χ0v) is 18.7. The molecule has 0 bridgehead atoms. The van der Waals surface area contributed by atoms with Gasteiger partial charge >= 0.3 is 0 Å². The average Bonchev–Trinajstić information content (AvgIpc) is 3.11. The quantitative estimate of drug-likeness (QED) is 0.523. The molecular weight excluding hydrogens is 396 g/mol. The predicted octanol–water partition coefficient (Wildman–Crippen LogP) is 4.68. The van der Waals surface area contributed by atoms with Crippen molar-refractivity contribution in [2.75, 3.05) is 33.7 Å². The van der Waals surface area contributed by atoms with Crippen molar-refractivity contribution in [3.05, 3.63) is 59.4 Å². The first-order valence-electron chi connectivity index (χ1n) is 10.8. The molecule has 0 spiro atoms. The Kier molecular flexibility index (Phi) is 6.93. The van der Waals surface area contributed by atoms with Gasteiger partial charge in [0.2, 0.25) is 0 Å². The van der Waals surface area contributed by atoms with Crippen LogP contribution >= 0.6 is 11.6 Å². The first-order valence-corrected chi connectivity index (χ1v) is 11.2. The summed E-state index contributed by atoms with van der Waals surface area (Å²) in [6, 6.07) is 16.6. The number of benzene rings is 2. The van der Waals surface area contributed by atoms with Gasteiger partial charge in [-0.1, -0.05) is 23.7 Å². The maximum absolute atomic E-state index is 5.99. The van der Waals surface area contributed by atoms with Crippen molar-refractivity contribution in [2.45, 2.75) is 38.5 Å². The number of hydrogen-bond donors (Lipinski definition) is 0. The molecule has 2 heterocycles. The standard InChI is InChI=1S/C24H31ClN4O/c1-27(2)20-12-16-28(17-13-20)14-5-15-29-23-7-4-3-6-22(23)26-24(29)18-30-21-10-8-19(25)9-11-21/h3-4,6-11,20H,5,12-18H2,1-2H3. The zero-order valence-electron chi connectivity index (χ0n) is 17.9. The largest absolute Gasteiger partial charge is 0.486 e. The molecule has 1 saturated heterocycles. The van der Waals surface area contributed by atoms with Gasteiger partial charge in [0, 0.05) is 17.6 Å². The highest BCUT2D eigenvalue weighted by molar-refractivity contribution is 6.30. The van der Waals surface area contributed by atoms with Gasteiger partial charge in [0.05, 0.1) is 11.0 Å². The molecular formula is C24H31ClN4O. The lowest BCUT2D eigenvalue weighted by Crippen LogP contribution is -2.42. The van der Waals surface area contributed by atoms with Gasteiger partial charge in [0.15, 0.2) is 0 Å². The van der Waals surface area contributed by atoms with Gasteiger partial charge in [0.25, 0.3) is 0 Å². The van der Waals surface area contributed by atoms with E-state index in [2.05, 4.69) is 46.7 Å². The van der Waals surface area contributed by atoms with Gasteiger partial charge in [-0.25, -0.2) is 4.98 Å². The van der Waals surface area contributed by atoms with Gasteiger partial charge in [-0.3, -0.25) is 0 Å². The summed E-state index contributed by atoms with van der Waals surface area (Å²) in [5, 5.41) is 0.712. The predicted molar refractivity (Wildman–Crippen MR) is 123 cm³/mol. The Bertz CT molecular complexity index is 945. The Morgan fingerprint density at radius 3 is 2.50 bits per heavy atom. The molecule has 5 nitrogen and oxygen atoms in total. The minimum Gasteiger partial charge on any atom is -0.486 e. The number of nitrogens with zero attached hydrogens (tertiary/aromatic N) is 4. The number of para-hydroxylation sites is 2. The Labute approximate surface area is 184 Å². The minimum absolute atomic E-state index is 0.449. The van der Waals surface area contributed by atoms with Crippen molar-refractivity contribution >= 4 is 22.6 Å². The van der Waals surface area contributed by atoms with E-state index in [0.29, 0.717) is 11.6 Å². The molecule has 0 unspecified atom stereocenters. The van der Waals surface area contributed by atoms with Crippen LogP contribution in [0.1, 0.15) is 25.1 Å². The van der Waals surface area contributed by atoms with Crippen molar-refractivity contribution in [1.82, 2.24) is 19.4 Å². The summed E-state index contributed by atoms with van der Waals surface area (Å²) in [6.07, 6.45) is 3.64. The summed E-state index contributed by atoms with van der Waals surface area (Å²) in [5.41, 5.74) is 2.21. The topological polar surface area (TPSA) is 33.5 Å². The van der Waals surface area contributed by atoms with Gasteiger partial charge < -0.3 is 19.1 Å². The summed E-state index contributed by atoms with van der Waals surface area (Å²) in [4.78, 5) is 9.80. The van der Waals surface area contributed by atoms with Gasteiger partial charge in [-0.15, -0.1) is 0 Å².